The first kappa shape index (κ1) is 25.4. The van der Waals surface area contributed by atoms with Crippen molar-refractivity contribution in [3.05, 3.63) is 30.1 Å². The molecule has 1 aromatic rings. The fraction of sp³-hybridized carbons (Fsp3) is 0.652. The van der Waals surface area contributed by atoms with E-state index in [9.17, 15) is 22.4 Å². The molecule has 33 heavy (non-hydrogen) atoms. The van der Waals surface area contributed by atoms with Crippen LogP contribution < -0.4 is 5.32 Å². The molecule has 0 aromatic heterocycles. The molecule has 10 heteroatoms. The van der Waals surface area contributed by atoms with E-state index in [-0.39, 0.29) is 35.7 Å². The number of carbonyl (C=O) groups excluding carboxylic acids is 2. The molecule has 0 atom stereocenters. The summed E-state index contributed by atoms with van der Waals surface area (Å²) in [4.78, 5) is 26.3. The number of halogens is 1. The highest BCUT2D eigenvalue weighted by Crippen LogP contribution is 2.27. The number of nitrogens with one attached hydrogen (secondary N) is 1. The van der Waals surface area contributed by atoms with E-state index in [1.807, 2.05) is 25.7 Å². The van der Waals surface area contributed by atoms with Crippen molar-refractivity contribution < 1.29 is 27.1 Å². The van der Waals surface area contributed by atoms with Crippen molar-refractivity contribution in [3.63, 3.8) is 0 Å². The molecular formula is C23H34FN3O5S. The summed E-state index contributed by atoms with van der Waals surface area (Å²) in [5.41, 5.74) is -0.538. The van der Waals surface area contributed by atoms with Gasteiger partial charge in [-0.1, -0.05) is 12.1 Å². The molecule has 0 saturated carbocycles. The number of rotatable bonds is 5. The van der Waals surface area contributed by atoms with Crippen LogP contribution in [-0.2, 0) is 19.6 Å². The number of hydrogen-bond acceptors (Lipinski definition) is 5. The molecule has 1 aromatic carbocycles. The van der Waals surface area contributed by atoms with Crippen molar-refractivity contribution in [1.29, 1.82) is 0 Å². The monoisotopic (exact) mass is 483 g/mol. The predicted molar refractivity (Wildman–Crippen MR) is 121 cm³/mol. The smallest absolute Gasteiger partial charge is 0.407 e. The van der Waals surface area contributed by atoms with Crippen LogP contribution in [0.2, 0.25) is 0 Å². The fourth-order valence-corrected chi connectivity index (χ4v) is 5.83. The van der Waals surface area contributed by atoms with Gasteiger partial charge in [0, 0.05) is 38.6 Å². The number of hydrogen-bond donors (Lipinski definition) is 1. The lowest BCUT2D eigenvalue weighted by Gasteiger charge is -2.37. The maximum Gasteiger partial charge on any atom is 0.407 e. The van der Waals surface area contributed by atoms with Crippen LogP contribution >= 0.6 is 0 Å². The first-order valence-corrected chi connectivity index (χ1v) is 12.9. The van der Waals surface area contributed by atoms with E-state index in [0.717, 1.165) is 18.9 Å². The summed E-state index contributed by atoms with van der Waals surface area (Å²) < 4.78 is 46.0. The Hall–Kier alpha value is -2.20. The third-order valence-electron chi connectivity index (χ3n) is 6.12. The van der Waals surface area contributed by atoms with Crippen LogP contribution in [0.25, 0.3) is 0 Å². The molecule has 0 radical (unpaired) electrons. The highest BCUT2D eigenvalue weighted by molar-refractivity contribution is 7.89. The molecule has 1 N–H and O–H groups in total. The van der Waals surface area contributed by atoms with Crippen LogP contribution in [0.3, 0.4) is 0 Å². The van der Waals surface area contributed by atoms with E-state index < -0.39 is 27.5 Å². The number of nitrogens with zero attached hydrogens (tertiary/aromatic N) is 2. The van der Waals surface area contributed by atoms with E-state index in [4.69, 9.17) is 4.74 Å². The molecule has 0 spiro atoms. The van der Waals surface area contributed by atoms with Gasteiger partial charge in [-0.15, -0.1) is 0 Å². The standard InChI is InChI=1S/C23H34FN3O5S/c1-23(2,3)32-22(29)25-16-17-8-12-26(13-9-17)21(28)18-10-14-27(15-11-18)33(30,31)20-7-5-4-6-19(20)24/h4-7,17-18H,8-16H2,1-3H3,(H,25,29). The second-order valence-corrected chi connectivity index (χ2v) is 11.7. The van der Waals surface area contributed by atoms with Gasteiger partial charge in [-0.05, 0) is 64.5 Å². The number of piperidine rings is 2. The summed E-state index contributed by atoms with van der Waals surface area (Å²) in [5.74, 6) is -0.654. The van der Waals surface area contributed by atoms with Crippen LogP contribution in [0.1, 0.15) is 46.5 Å². The van der Waals surface area contributed by atoms with Crippen molar-refractivity contribution in [2.75, 3.05) is 32.7 Å². The molecular weight excluding hydrogens is 449 g/mol. The highest BCUT2D eigenvalue weighted by atomic mass is 32.2. The van der Waals surface area contributed by atoms with Gasteiger partial charge < -0.3 is 15.0 Å². The molecule has 8 nitrogen and oxygen atoms in total. The topological polar surface area (TPSA) is 96.0 Å². The van der Waals surface area contributed by atoms with E-state index in [2.05, 4.69) is 5.32 Å². The molecule has 0 bridgehead atoms. The third kappa shape index (κ3) is 6.66. The Morgan fingerprint density at radius 3 is 2.24 bits per heavy atom. The van der Waals surface area contributed by atoms with Gasteiger partial charge in [-0.25, -0.2) is 17.6 Å². The van der Waals surface area contributed by atoms with E-state index in [1.54, 1.807) is 0 Å². The number of likely N-dealkylation sites (tertiary alicyclic amines) is 1. The summed E-state index contributed by atoms with van der Waals surface area (Å²) in [6, 6.07) is 5.36. The Morgan fingerprint density at radius 1 is 1.06 bits per heavy atom. The number of benzene rings is 1. The summed E-state index contributed by atoms with van der Waals surface area (Å²) in [5, 5.41) is 2.80. The molecule has 3 rings (SSSR count). The van der Waals surface area contributed by atoms with Gasteiger partial charge in [0.25, 0.3) is 0 Å². The summed E-state index contributed by atoms with van der Waals surface area (Å²) in [6.45, 7) is 7.60. The molecule has 2 amide bonds. The van der Waals surface area contributed by atoms with Crippen LogP contribution in [0.15, 0.2) is 29.2 Å². The van der Waals surface area contributed by atoms with E-state index in [1.165, 1.54) is 22.5 Å². The van der Waals surface area contributed by atoms with Gasteiger partial charge >= 0.3 is 6.09 Å². The average Bonchev–Trinajstić information content (AvgIpc) is 2.77. The zero-order valence-corrected chi connectivity index (χ0v) is 20.4. The van der Waals surface area contributed by atoms with Gasteiger partial charge in [-0.3, -0.25) is 4.79 Å². The molecule has 184 valence electrons. The lowest BCUT2D eigenvalue weighted by molar-refractivity contribution is -0.138. The van der Waals surface area contributed by atoms with Crippen molar-refractivity contribution in [1.82, 2.24) is 14.5 Å². The predicted octanol–water partition coefficient (Wildman–Crippen LogP) is 2.99. The Bertz CT molecular complexity index is 947. The Labute approximate surface area is 195 Å². The first-order valence-electron chi connectivity index (χ1n) is 11.5. The van der Waals surface area contributed by atoms with Crippen LogP contribution in [-0.4, -0.2) is 67.9 Å². The molecule has 2 saturated heterocycles. The van der Waals surface area contributed by atoms with Crippen LogP contribution in [0.4, 0.5) is 9.18 Å². The van der Waals surface area contributed by atoms with E-state index in [0.29, 0.717) is 32.5 Å². The minimum atomic E-state index is -3.91. The van der Waals surface area contributed by atoms with Crippen molar-refractivity contribution in [2.24, 2.45) is 11.8 Å². The zero-order valence-electron chi connectivity index (χ0n) is 19.5. The Morgan fingerprint density at radius 2 is 1.67 bits per heavy atom. The number of ether oxygens (including phenoxy) is 1. The maximum atomic E-state index is 14.0. The first-order chi connectivity index (χ1) is 15.5. The minimum absolute atomic E-state index is 0.0523. The summed E-state index contributed by atoms with van der Waals surface area (Å²) in [6.07, 6.45) is 2.00. The van der Waals surface area contributed by atoms with Crippen molar-refractivity contribution in [3.8, 4) is 0 Å². The lowest BCUT2D eigenvalue weighted by Crippen LogP contribution is -2.47. The third-order valence-corrected chi connectivity index (χ3v) is 8.05. The largest absolute Gasteiger partial charge is 0.444 e. The van der Waals surface area contributed by atoms with Gasteiger partial charge in [0.2, 0.25) is 15.9 Å². The van der Waals surface area contributed by atoms with Crippen molar-refractivity contribution >= 4 is 22.0 Å². The van der Waals surface area contributed by atoms with Gasteiger partial charge in [-0.2, -0.15) is 4.31 Å². The van der Waals surface area contributed by atoms with Gasteiger partial charge in [0.1, 0.15) is 16.3 Å². The Kier molecular flexibility index (Phi) is 8.00. The maximum absolute atomic E-state index is 14.0. The van der Waals surface area contributed by atoms with E-state index >= 15 is 0 Å². The van der Waals surface area contributed by atoms with Crippen LogP contribution in [0, 0.1) is 17.7 Å². The summed E-state index contributed by atoms with van der Waals surface area (Å²) in [7, 11) is -3.91. The molecule has 2 aliphatic rings. The molecule has 0 unspecified atom stereocenters. The summed E-state index contributed by atoms with van der Waals surface area (Å²) >= 11 is 0. The SMILES string of the molecule is CC(C)(C)OC(=O)NCC1CCN(C(=O)C2CCN(S(=O)(=O)c3ccccc3F)CC2)CC1. The quantitative estimate of drug-likeness (QED) is 0.695. The van der Waals surface area contributed by atoms with Gasteiger partial charge in [0.05, 0.1) is 0 Å². The fourth-order valence-electron chi connectivity index (χ4n) is 4.29. The molecule has 2 aliphatic heterocycles. The van der Waals surface area contributed by atoms with Crippen LogP contribution in [0.5, 0.6) is 0 Å². The normalized spacial score (nSPS) is 19.3. The average molecular weight is 484 g/mol. The molecule has 2 fully saturated rings. The Balaban J connectivity index is 1.44. The highest BCUT2D eigenvalue weighted by Gasteiger charge is 2.35. The number of sulfonamides is 1. The second kappa shape index (κ2) is 10.4. The molecule has 0 aliphatic carbocycles. The number of alkyl carbamates (subject to hydrolysis) is 1. The van der Waals surface area contributed by atoms with Gasteiger partial charge in [0.15, 0.2) is 0 Å². The number of carbonyl (C=O) groups is 2. The lowest BCUT2D eigenvalue weighted by atomic mass is 9.92. The van der Waals surface area contributed by atoms with Crippen molar-refractivity contribution in [2.45, 2.75) is 57.0 Å². The second-order valence-electron chi connectivity index (χ2n) is 9.76. The zero-order chi connectivity index (χ0) is 24.2. The minimum Gasteiger partial charge on any atom is -0.444 e. The molecule has 2 heterocycles. The number of amides is 2.